The normalized spacial score (nSPS) is 12.7. The fourth-order valence-corrected chi connectivity index (χ4v) is 2.52. The van der Waals surface area contributed by atoms with Gasteiger partial charge in [0.15, 0.2) is 0 Å². The van der Waals surface area contributed by atoms with Gasteiger partial charge < -0.3 is 9.67 Å². The van der Waals surface area contributed by atoms with Crippen molar-refractivity contribution in [3.63, 3.8) is 0 Å². The zero-order chi connectivity index (χ0) is 14.8. The van der Waals surface area contributed by atoms with E-state index in [9.17, 15) is 5.11 Å². The number of hydrogen-bond acceptors (Lipinski definition) is 3. The van der Waals surface area contributed by atoms with Crippen LogP contribution >= 0.6 is 0 Å². The maximum Gasteiger partial charge on any atom is 0.108 e. The first kappa shape index (κ1) is 13.8. The summed E-state index contributed by atoms with van der Waals surface area (Å²) in [5.41, 5.74) is 2.91. The van der Waals surface area contributed by atoms with Gasteiger partial charge in [-0.15, -0.1) is 0 Å². The number of aromatic nitrogens is 3. The highest BCUT2D eigenvalue weighted by molar-refractivity contribution is 5.79. The molecule has 0 saturated heterocycles. The zero-order valence-corrected chi connectivity index (χ0v) is 12.3. The molecule has 1 N–H and O–H groups in total. The Hall–Kier alpha value is -2.20. The number of aliphatic hydroxyl groups is 1. The third-order valence-corrected chi connectivity index (χ3v) is 3.80. The minimum atomic E-state index is -0.479. The van der Waals surface area contributed by atoms with Crippen molar-refractivity contribution in [2.75, 3.05) is 0 Å². The Kier molecular flexibility index (Phi) is 3.71. The molecule has 21 heavy (non-hydrogen) atoms. The molecule has 0 aliphatic carbocycles. The van der Waals surface area contributed by atoms with Crippen LogP contribution in [0.25, 0.3) is 10.9 Å². The van der Waals surface area contributed by atoms with Crippen LogP contribution in [-0.4, -0.2) is 19.6 Å². The number of nitrogens with zero attached hydrogens (tertiary/aromatic N) is 3. The van der Waals surface area contributed by atoms with E-state index < -0.39 is 6.10 Å². The molecule has 1 aromatic carbocycles. The number of benzene rings is 1. The molecule has 108 valence electrons. The first-order chi connectivity index (χ1) is 10.1. The first-order valence-corrected chi connectivity index (χ1v) is 7.15. The third kappa shape index (κ3) is 2.95. The molecule has 0 spiro atoms. The summed E-state index contributed by atoms with van der Waals surface area (Å²) in [7, 11) is 1.97. The van der Waals surface area contributed by atoms with Gasteiger partial charge in [-0.3, -0.25) is 4.98 Å². The lowest BCUT2D eigenvalue weighted by Crippen LogP contribution is -2.03. The molecule has 2 aromatic heterocycles. The topological polar surface area (TPSA) is 50.9 Å². The molecule has 3 rings (SSSR count). The molecule has 0 amide bonds. The second-order valence-electron chi connectivity index (χ2n) is 5.41. The minimum absolute atomic E-state index is 0.479. The monoisotopic (exact) mass is 281 g/mol. The highest BCUT2D eigenvalue weighted by Crippen LogP contribution is 2.23. The van der Waals surface area contributed by atoms with Gasteiger partial charge in [0, 0.05) is 36.9 Å². The van der Waals surface area contributed by atoms with Gasteiger partial charge in [0.2, 0.25) is 0 Å². The van der Waals surface area contributed by atoms with Gasteiger partial charge in [-0.05, 0) is 37.1 Å². The fourth-order valence-electron chi connectivity index (χ4n) is 2.52. The number of imidazole rings is 1. The first-order valence-electron chi connectivity index (χ1n) is 7.15. The van der Waals surface area contributed by atoms with Crippen LogP contribution in [-0.2, 0) is 13.5 Å². The summed E-state index contributed by atoms with van der Waals surface area (Å²) in [5.74, 6) is 0.993. The third-order valence-electron chi connectivity index (χ3n) is 3.80. The van der Waals surface area contributed by atoms with Crippen molar-refractivity contribution in [3.05, 3.63) is 59.8 Å². The van der Waals surface area contributed by atoms with Crippen LogP contribution in [0.4, 0.5) is 0 Å². The molecule has 0 radical (unpaired) electrons. The predicted octanol–water partition coefficient (Wildman–Crippen LogP) is 2.94. The van der Waals surface area contributed by atoms with Crippen LogP contribution < -0.4 is 0 Å². The van der Waals surface area contributed by atoms with Crippen molar-refractivity contribution in [1.29, 1.82) is 0 Å². The Morgan fingerprint density at radius 2 is 2.10 bits per heavy atom. The summed E-state index contributed by atoms with van der Waals surface area (Å²) >= 11 is 0. The standard InChI is InChI=1S/C17H19N3O/c1-12-3-4-13-11-14(5-6-15(13)19-12)16(21)7-8-17-18-9-10-20(17)2/h3-6,9-11,16,21H,7-8H2,1-2H3. The fraction of sp³-hybridized carbons (Fsp3) is 0.294. The minimum Gasteiger partial charge on any atom is -0.388 e. The van der Waals surface area contributed by atoms with Gasteiger partial charge in [0.25, 0.3) is 0 Å². The SMILES string of the molecule is Cc1ccc2cc(C(O)CCc3nccn3C)ccc2n1. The lowest BCUT2D eigenvalue weighted by Gasteiger charge is -2.12. The molecule has 0 fully saturated rings. The molecule has 0 saturated carbocycles. The van der Waals surface area contributed by atoms with Crippen molar-refractivity contribution >= 4 is 10.9 Å². The summed E-state index contributed by atoms with van der Waals surface area (Å²) in [4.78, 5) is 8.76. The number of aliphatic hydroxyl groups excluding tert-OH is 1. The van der Waals surface area contributed by atoms with Crippen molar-refractivity contribution in [2.24, 2.45) is 7.05 Å². The molecule has 1 unspecified atom stereocenters. The quantitative estimate of drug-likeness (QED) is 0.800. The summed E-state index contributed by atoms with van der Waals surface area (Å²) in [6.45, 7) is 1.98. The lowest BCUT2D eigenvalue weighted by atomic mass is 10.0. The van der Waals surface area contributed by atoms with E-state index in [4.69, 9.17) is 0 Å². The number of aryl methyl sites for hydroxylation is 3. The van der Waals surface area contributed by atoms with Crippen molar-refractivity contribution in [1.82, 2.24) is 14.5 Å². The number of hydrogen-bond donors (Lipinski definition) is 1. The highest BCUT2D eigenvalue weighted by Gasteiger charge is 2.10. The average molecular weight is 281 g/mol. The summed E-state index contributed by atoms with van der Waals surface area (Å²) in [6.07, 6.45) is 4.65. The van der Waals surface area contributed by atoms with E-state index in [-0.39, 0.29) is 0 Å². The van der Waals surface area contributed by atoms with Crippen LogP contribution in [0.3, 0.4) is 0 Å². The molecule has 2 heterocycles. The van der Waals surface area contributed by atoms with E-state index in [1.54, 1.807) is 6.20 Å². The molecular formula is C17H19N3O. The second kappa shape index (κ2) is 5.66. The Morgan fingerprint density at radius 1 is 1.24 bits per heavy atom. The summed E-state index contributed by atoms with van der Waals surface area (Å²) < 4.78 is 1.99. The Bertz CT molecular complexity index is 764. The van der Waals surface area contributed by atoms with Gasteiger partial charge >= 0.3 is 0 Å². The van der Waals surface area contributed by atoms with Gasteiger partial charge in [0.05, 0.1) is 11.6 Å². The van der Waals surface area contributed by atoms with Crippen LogP contribution in [0, 0.1) is 6.92 Å². The molecule has 3 aromatic rings. The summed E-state index contributed by atoms with van der Waals surface area (Å²) in [5, 5.41) is 11.4. The highest BCUT2D eigenvalue weighted by atomic mass is 16.3. The van der Waals surface area contributed by atoms with E-state index in [2.05, 4.69) is 9.97 Å². The van der Waals surface area contributed by atoms with E-state index in [1.807, 2.05) is 55.1 Å². The van der Waals surface area contributed by atoms with E-state index >= 15 is 0 Å². The zero-order valence-electron chi connectivity index (χ0n) is 12.3. The van der Waals surface area contributed by atoms with Crippen LogP contribution in [0.2, 0.25) is 0 Å². The van der Waals surface area contributed by atoms with Gasteiger partial charge in [0.1, 0.15) is 5.82 Å². The molecular weight excluding hydrogens is 262 g/mol. The molecule has 1 atom stereocenters. The molecule has 0 aliphatic rings. The largest absolute Gasteiger partial charge is 0.388 e. The molecule has 0 bridgehead atoms. The Labute approximate surface area is 124 Å². The number of fused-ring (bicyclic) bond motifs is 1. The van der Waals surface area contributed by atoms with Crippen molar-refractivity contribution < 1.29 is 5.11 Å². The number of pyridine rings is 1. The predicted molar refractivity (Wildman–Crippen MR) is 83.0 cm³/mol. The van der Waals surface area contributed by atoms with Crippen LogP contribution in [0.5, 0.6) is 0 Å². The average Bonchev–Trinajstić information content (AvgIpc) is 2.89. The van der Waals surface area contributed by atoms with Gasteiger partial charge in [-0.1, -0.05) is 12.1 Å². The lowest BCUT2D eigenvalue weighted by molar-refractivity contribution is 0.167. The van der Waals surface area contributed by atoms with Crippen molar-refractivity contribution in [2.45, 2.75) is 25.9 Å². The van der Waals surface area contributed by atoms with Crippen LogP contribution in [0.1, 0.15) is 29.6 Å². The van der Waals surface area contributed by atoms with Crippen LogP contribution in [0.15, 0.2) is 42.7 Å². The van der Waals surface area contributed by atoms with E-state index in [1.165, 1.54) is 0 Å². The Balaban J connectivity index is 1.76. The second-order valence-corrected chi connectivity index (χ2v) is 5.41. The Morgan fingerprint density at radius 3 is 2.86 bits per heavy atom. The maximum absolute atomic E-state index is 10.4. The van der Waals surface area contributed by atoms with E-state index in [0.717, 1.165) is 34.4 Å². The molecule has 4 heteroatoms. The van der Waals surface area contributed by atoms with Gasteiger partial charge in [-0.2, -0.15) is 0 Å². The van der Waals surface area contributed by atoms with Crippen molar-refractivity contribution in [3.8, 4) is 0 Å². The van der Waals surface area contributed by atoms with Gasteiger partial charge in [-0.25, -0.2) is 4.98 Å². The van der Waals surface area contributed by atoms with E-state index in [0.29, 0.717) is 6.42 Å². The number of rotatable bonds is 4. The summed E-state index contributed by atoms with van der Waals surface area (Å²) in [6, 6.07) is 9.99. The smallest absolute Gasteiger partial charge is 0.108 e. The maximum atomic E-state index is 10.4. The molecule has 4 nitrogen and oxygen atoms in total. The molecule has 0 aliphatic heterocycles.